The highest BCUT2D eigenvalue weighted by molar-refractivity contribution is 7.99. The summed E-state index contributed by atoms with van der Waals surface area (Å²) in [4.78, 5) is 20.6. The summed E-state index contributed by atoms with van der Waals surface area (Å²) in [5.41, 5.74) is 2.54. The second-order valence-corrected chi connectivity index (χ2v) is 6.20. The van der Waals surface area contributed by atoms with E-state index in [0.29, 0.717) is 10.8 Å². The van der Waals surface area contributed by atoms with E-state index in [1.54, 1.807) is 6.20 Å². The van der Waals surface area contributed by atoms with Gasteiger partial charge in [0, 0.05) is 11.4 Å². The summed E-state index contributed by atoms with van der Waals surface area (Å²) in [5.74, 6) is 0. The lowest BCUT2D eigenvalue weighted by Gasteiger charge is -2.10. The molecular formula is C16H15N3OS. The molecule has 0 unspecified atom stereocenters. The zero-order chi connectivity index (χ0) is 14.8. The van der Waals surface area contributed by atoms with Crippen molar-refractivity contribution < 1.29 is 0 Å². The monoisotopic (exact) mass is 297 g/mol. The Morgan fingerprint density at radius 3 is 2.62 bits per heavy atom. The average Bonchev–Trinajstić information content (AvgIpc) is 2.49. The second-order valence-electron chi connectivity index (χ2n) is 4.89. The van der Waals surface area contributed by atoms with E-state index in [4.69, 9.17) is 0 Å². The minimum Gasteiger partial charge on any atom is -0.251 e. The van der Waals surface area contributed by atoms with Gasteiger partial charge in [-0.1, -0.05) is 48.2 Å². The maximum Gasteiger partial charge on any atom is 0.355 e. The molecule has 2 heterocycles. The van der Waals surface area contributed by atoms with Crippen molar-refractivity contribution in [1.82, 2.24) is 14.4 Å². The topological polar surface area (TPSA) is 47.3 Å². The van der Waals surface area contributed by atoms with Crippen LogP contribution in [-0.2, 0) is 0 Å². The van der Waals surface area contributed by atoms with Gasteiger partial charge in [-0.3, -0.25) is 4.40 Å². The van der Waals surface area contributed by atoms with Gasteiger partial charge in [0.15, 0.2) is 5.16 Å². The van der Waals surface area contributed by atoms with Crippen LogP contribution in [-0.4, -0.2) is 14.4 Å². The summed E-state index contributed by atoms with van der Waals surface area (Å²) < 4.78 is 1.48. The third-order valence-electron chi connectivity index (χ3n) is 3.23. The molecule has 0 spiro atoms. The van der Waals surface area contributed by atoms with Crippen molar-refractivity contribution in [2.24, 2.45) is 0 Å². The molecule has 3 aromatic rings. The number of nitrogens with zero attached hydrogens (tertiary/aromatic N) is 3. The fraction of sp³-hybridized carbons (Fsp3) is 0.188. The van der Waals surface area contributed by atoms with Crippen molar-refractivity contribution in [1.29, 1.82) is 0 Å². The number of rotatable bonds is 3. The van der Waals surface area contributed by atoms with E-state index in [0.717, 1.165) is 5.56 Å². The van der Waals surface area contributed by atoms with E-state index >= 15 is 0 Å². The molecule has 0 fully saturated rings. The van der Waals surface area contributed by atoms with Crippen molar-refractivity contribution >= 4 is 17.4 Å². The van der Waals surface area contributed by atoms with Gasteiger partial charge in [0.05, 0.1) is 0 Å². The summed E-state index contributed by atoms with van der Waals surface area (Å²) in [5, 5.41) is 0.707. The van der Waals surface area contributed by atoms with Gasteiger partial charge in [0.25, 0.3) is 0 Å². The molecule has 21 heavy (non-hydrogen) atoms. The number of hydrogen-bond donors (Lipinski definition) is 0. The van der Waals surface area contributed by atoms with E-state index in [9.17, 15) is 4.79 Å². The van der Waals surface area contributed by atoms with Gasteiger partial charge in [-0.2, -0.15) is 4.98 Å². The molecule has 0 N–H and O–H groups in total. The molecule has 0 aliphatic rings. The first-order valence-corrected chi connectivity index (χ1v) is 7.60. The lowest BCUT2D eigenvalue weighted by molar-refractivity contribution is 0.840. The van der Waals surface area contributed by atoms with Crippen LogP contribution in [0.5, 0.6) is 0 Å². The summed E-state index contributed by atoms with van der Waals surface area (Å²) in [6.07, 6.45) is 1.76. The quantitative estimate of drug-likeness (QED) is 0.696. The summed E-state index contributed by atoms with van der Waals surface area (Å²) >= 11 is 1.49. The Bertz CT molecular complexity index is 830. The van der Waals surface area contributed by atoms with Crippen molar-refractivity contribution in [3.05, 3.63) is 70.3 Å². The predicted octanol–water partition coefficient (Wildman–Crippen LogP) is 3.25. The van der Waals surface area contributed by atoms with Crippen LogP contribution in [0.2, 0.25) is 0 Å². The summed E-state index contributed by atoms with van der Waals surface area (Å²) in [6, 6.07) is 13.9. The lowest BCUT2D eigenvalue weighted by Crippen LogP contribution is -2.19. The minimum atomic E-state index is -0.286. The van der Waals surface area contributed by atoms with Crippen molar-refractivity contribution in [2.75, 3.05) is 0 Å². The lowest BCUT2D eigenvalue weighted by atomic mass is 10.2. The number of thioether (sulfide) groups is 1. The van der Waals surface area contributed by atoms with E-state index in [-0.39, 0.29) is 10.9 Å². The van der Waals surface area contributed by atoms with Gasteiger partial charge in [0.2, 0.25) is 0 Å². The van der Waals surface area contributed by atoms with Gasteiger partial charge in [0.1, 0.15) is 5.65 Å². The van der Waals surface area contributed by atoms with Crippen LogP contribution in [0.3, 0.4) is 0 Å². The number of pyridine rings is 1. The molecule has 1 atom stereocenters. The molecule has 0 aliphatic heterocycles. The van der Waals surface area contributed by atoms with Crippen LogP contribution in [0.4, 0.5) is 0 Å². The first kappa shape index (κ1) is 13.8. The summed E-state index contributed by atoms with van der Waals surface area (Å²) in [7, 11) is 0. The number of aromatic nitrogens is 3. The third kappa shape index (κ3) is 2.97. The molecule has 5 heteroatoms. The largest absolute Gasteiger partial charge is 0.355 e. The molecule has 0 saturated heterocycles. The molecule has 4 nitrogen and oxygen atoms in total. The SMILES string of the molecule is Cc1ccc2nc(S[C@H](C)c3ccccc3)nc(=O)n2c1. The van der Waals surface area contributed by atoms with Crippen molar-refractivity contribution in [2.45, 2.75) is 24.3 Å². The number of benzene rings is 1. The number of aryl methyl sites for hydroxylation is 1. The molecule has 1 aromatic carbocycles. The highest BCUT2D eigenvalue weighted by Gasteiger charge is 2.11. The first-order chi connectivity index (χ1) is 10.1. The zero-order valence-electron chi connectivity index (χ0n) is 11.9. The highest BCUT2D eigenvalue weighted by Crippen LogP contribution is 2.31. The minimum absolute atomic E-state index is 0.193. The molecular weight excluding hydrogens is 282 g/mol. The van der Waals surface area contributed by atoms with Crippen molar-refractivity contribution in [3.63, 3.8) is 0 Å². The predicted molar refractivity (Wildman–Crippen MR) is 84.7 cm³/mol. The highest BCUT2D eigenvalue weighted by atomic mass is 32.2. The fourth-order valence-electron chi connectivity index (χ4n) is 2.11. The first-order valence-electron chi connectivity index (χ1n) is 6.72. The molecule has 0 aliphatic carbocycles. The maximum absolute atomic E-state index is 12.1. The summed E-state index contributed by atoms with van der Waals surface area (Å²) in [6.45, 7) is 4.02. The van der Waals surface area contributed by atoms with Crippen LogP contribution in [0.15, 0.2) is 58.6 Å². The molecule has 2 aromatic heterocycles. The standard InChI is InChI=1S/C16H15N3OS/c1-11-8-9-14-17-15(18-16(20)19(14)10-11)21-12(2)13-6-4-3-5-7-13/h3-10,12H,1-2H3/t12-/m1/s1. The number of hydrogen-bond acceptors (Lipinski definition) is 4. The third-order valence-corrected chi connectivity index (χ3v) is 4.25. The maximum atomic E-state index is 12.1. The zero-order valence-corrected chi connectivity index (χ0v) is 12.7. The van der Waals surface area contributed by atoms with Crippen molar-refractivity contribution in [3.8, 4) is 0 Å². The normalized spacial score (nSPS) is 12.5. The molecule has 0 amide bonds. The molecule has 3 rings (SSSR count). The Morgan fingerprint density at radius 2 is 1.86 bits per heavy atom. The molecule has 0 bridgehead atoms. The van der Waals surface area contributed by atoms with Gasteiger partial charge in [-0.05, 0) is 31.0 Å². The molecule has 106 valence electrons. The van der Waals surface area contributed by atoms with Gasteiger partial charge < -0.3 is 0 Å². The van der Waals surface area contributed by atoms with Crippen LogP contribution in [0.1, 0.15) is 23.3 Å². The van der Waals surface area contributed by atoms with Gasteiger partial charge >= 0.3 is 5.69 Å². The van der Waals surface area contributed by atoms with Crippen LogP contribution in [0, 0.1) is 6.92 Å². The van der Waals surface area contributed by atoms with E-state index < -0.39 is 0 Å². The Kier molecular flexibility index (Phi) is 3.75. The van der Waals surface area contributed by atoms with Crippen LogP contribution in [0.25, 0.3) is 5.65 Å². The smallest absolute Gasteiger partial charge is 0.251 e. The van der Waals surface area contributed by atoms with Gasteiger partial charge in [-0.25, -0.2) is 9.78 Å². The molecule has 0 saturated carbocycles. The van der Waals surface area contributed by atoms with Crippen LogP contribution >= 0.6 is 11.8 Å². The molecule has 0 radical (unpaired) electrons. The second kappa shape index (κ2) is 5.69. The Morgan fingerprint density at radius 1 is 1.10 bits per heavy atom. The average molecular weight is 297 g/mol. The Labute approximate surface area is 126 Å². The van der Waals surface area contributed by atoms with E-state index in [1.807, 2.05) is 37.3 Å². The Balaban J connectivity index is 1.95. The Hall–Kier alpha value is -2.14. The number of fused-ring (bicyclic) bond motifs is 1. The van der Waals surface area contributed by atoms with E-state index in [2.05, 4.69) is 29.0 Å². The van der Waals surface area contributed by atoms with E-state index in [1.165, 1.54) is 21.7 Å². The van der Waals surface area contributed by atoms with Gasteiger partial charge in [-0.15, -0.1) is 0 Å². The fourth-order valence-corrected chi connectivity index (χ4v) is 2.99. The van der Waals surface area contributed by atoms with Crippen LogP contribution < -0.4 is 5.69 Å².